The molecule has 0 spiro atoms. The summed E-state index contributed by atoms with van der Waals surface area (Å²) >= 11 is 0. The van der Waals surface area contributed by atoms with Crippen molar-refractivity contribution in [3.05, 3.63) is 71.5 Å². The molecule has 0 fully saturated rings. The first-order chi connectivity index (χ1) is 13.8. The van der Waals surface area contributed by atoms with Gasteiger partial charge in [0.25, 0.3) is 0 Å². The third kappa shape index (κ3) is 7.00. The largest absolute Gasteiger partial charge is 0.354 e. The predicted molar refractivity (Wildman–Crippen MR) is 114 cm³/mol. The number of nitrogens with zero attached hydrogens (tertiary/aromatic N) is 1. The van der Waals surface area contributed by atoms with Crippen LogP contribution in [0.5, 0.6) is 0 Å². The van der Waals surface area contributed by atoms with Gasteiger partial charge in [0, 0.05) is 25.4 Å². The minimum Gasteiger partial charge on any atom is -0.354 e. The van der Waals surface area contributed by atoms with E-state index in [0.717, 1.165) is 11.1 Å². The number of halogens is 1. The maximum atomic E-state index is 13.3. The van der Waals surface area contributed by atoms with Crippen LogP contribution < -0.4 is 5.32 Å². The van der Waals surface area contributed by atoms with E-state index in [1.54, 1.807) is 17.0 Å². The van der Waals surface area contributed by atoms with Crippen molar-refractivity contribution in [2.45, 2.75) is 46.7 Å². The van der Waals surface area contributed by atoms with E-state index in [1.165, 1.54) is 12.1 Å². The topological polar surface area (TPSA) is 49.4 Å². The molecule has 0 heterocycles. The maximum absolute atomic E-state index is 13.3. The van der Waals surface area contributed by atoms with Crippen LogP contribution in [0.2, 0.25) is 0 Å². The Morgan fingerprint density at radius 2 is 1.55 bits per heavy atom. The van der Waals surface area contributed by atoms with Crippen LogP contribution in [-0.4, -0.2) is 29.3 Å². The third-order valence-electron chi connectivity index (χ3n) is 4.68. The summed E-state index contributed by atoms with van der Waals surface area (Å²) in [5.74, 6) is -0.547. The van der Waals surface area contributed by atoms with Crippen molar-refractivity contribution < 1.29 is 14.0 Å². The van der Waals surface area contributed by atoms with E-state index in [-0.39, 0.29) is 30.1 Å². The highest BCUT2D eigenvalue weighted by Crippen LogP contribution is 2.17. The highest BCUT2D eigenvalue weighted by Gasteiger charge is 2.31. The van der Waals surface area contributed by atoms with Crippen LogP contribution in [0.25, 0.3) is 0 Å². The van der Waals surface area contributed by atoms with Gasteiger partial charge >= 0.3 is 0 Å². The zero-order valence-electron chi connectivity index (χ0n) is 17.7. The molecule has 0 bridgehead atoms. The molecule has 2 aromatic rings. The fourth-order valence-corrected chi connectivity index (χ4v) is 3.06. The number of amides is 2. The summed E-state index contributed by atoms with van der Waals surface area (Å²) in [5.41, 5.74) is 1.77. The molecule has 29 heavy (non-hydrogen) atoms. The molecule has 2 rings (SSSR count). The minimum absolute atomic E-state index is 0.102. The second-order valence-electron chi connectivity index (χ2n) is 8.09. The summed E-state index contributed by atoms with van der Waals surface area (Å²) in [7, 11) is 0. The zero-order chi connectivity index (χ0) is 21.4. The normalized spacial score (nSPS) is 12.1. The number of hydrogen-bond acceptors (Lipinski definition) is 2. The fourth-order valence-electron chi connectivity index (χ4n) is 3.06. The van der Waals surface area contributed by atoms with Gasteiger partial charge in [0.2, 0.25) is 11.8 Å². The number of rotatable bonds is 9. The van der Waals surface area contributed by atoms with Gasteiger partial charge in [0.05, 0.1) is 0 Å². The molecule has 0 aliphatic rings. The standard InChI is InChI=1S/C24H31FN2O2/c1-17(2)15-26-23(28)22(14-19-8-6-5-7-9-19)27(24(29)18(3)4)16-20-10-12-21(25)13-11-20/h5-13,17-18,22H,14-16H2,1-4H3,(H,26,28). The lowest BCUT2D eigenvalue weighted by Crippen LogP contribution is -2.52. The number of nitrogens with one attached hydrogen (secondary N) is 1. The average Bonchev–Trinajstić information content (AvgIpc) is 2.70. The monoisotopic (exact) mass is 398 g/mol. The molecule has 2 amide bonds. The molecule has 156 valence electrons. The van der Waals surface area contributed by atoms with Crippen molar-refractivity contribution in [2.75, 3.05) is 6.54 Å². The number of carbonyl (C=O) groups is 2. The highest BCUT2D eigenvalue weighted by molar-refractivity contribution is 5.88. The van der Waals surface area contributed by atoms with Gasteiger partial charge < -0.3 is 10.2 Å². The van der Waals surface area contributed by atoms with Gasteiger partial charge in [-0.3, -0.25) is 9.59 Å². The summed E-state index contributed by atoms with van der Waals surface area (Å²) < 4.78 is 13.3. The number of carbonyl (C=O) groups excluding carboxylic acids is 2. The van der Waals surface area contributed by atoms with E-state index >= 15 is 0 Å². The molecule has 4 nitrogen and oxygen atoms in total. The SMILES string of the molecule is CC(C)CNC(=O)C(Cc1ccccc1)N(Cc1ccc(F)cc1)C(=O)C(C)C. The second-order valence-corrected chi connectivity index (χ2v) is 8.09. The van der Waals surface area contributed by atoms with Crippen LogP contribution in [0.15, 0.2) is 54.6 Å². The molecule has 1 atom stereocenters. The third-order valence-corrected chi connectivity index (χ3v) is 4.68. The summed E-state index contributed by atoms with van der Waals surface area (Å²) in [4.78, 5) is 27.8. The minimum atomic E-state index is -0.642. The van der Waals surface area contributed by atoms with Gasteiger partial charge in [-0.05, 0) is 29.2 Å². The van der Waals surface area contributed by atoms with Crippen LogP contribution in [0, 0.1) is 17.7 Å². The first-order valence-corrected chi connectivity index (χ1v) is 10.1. The molecule has 2 aromatic carbocycles. The fraction of sp³-hybridized carbons (Fsp3) is 0.417. The molecule has 0 aliphatic carbocycles. The van der Waals surface area contributed by atoms with Crippen molar-refractivity contribution in [1.29, 1.82) is 0 Å². The average molecular weight is 399 g/mol. The molecular weight excluding hydrogens is 367 g/mol. The first kappa shape index (κ1) is 22.6. The molecule has 1 unspecified atom stereocenters. The van der Waals surface area contributed by atoms with Crippen molar-refractivity contribution >= 4 is 11.8 Å². The van der Waals surface area contributed by atoms with Crippen molar-refractivity contribution in [2.24, 2.45) is 11.8 Å². The van der Waals surface area contributed by atoms with E-state index in [9.17, 15) is 14.0 Å². The Balaban J connectivity index is 2.36. The molecule has 0 radical (unpaired) electrons. The van der Waals surface area contributed by atoms with Gasteiger partial charge in [0.15, 0.2) is 0 Å². The van der Waals surface area contributed by atoms with E-state index in [2.05, 4.69) is 5.32 Å². The summed E-state index contributed by atoms with van der Waals surface area (Å²) in [5, 5.41) is 2.98. The Morgan fingerprint density at radius 1 is 0.931 bits per heavy atom. The summed E-state index contributed by atoms with van der Waals surface area (Å²) in [6.07, 6.45) is 0.421. The van der Waals surface area contributed by atoms with Crippen molar-refractivity contribution in [3.8, 4) is 0 Å². The van der Waals surface area contributed by atoms with Gasteiger partial charge in [-0.1, -0.05) is 70.2 Å². The second kappa shape index (κ2) is 10.7. The van der Waals surface area contributed by atoms with Crippen LogP contribution in [-0.2, 0) is 22.6 Å². The predicted octanol–water partition coefficient (Wildman–Crippen LogP) is 4.19. The first-order valence-electron chi connectivity index (χ1n) is 10.1. The maximum Gasteiger partial charge on any atom is 0.243 e. The molecular formula is C24H31FN2O2. The van der Waals surface area contributed by atoms with Crippen LogP contribution in [0.1, 0.15) is 38.8 Å². The van der Waals surface area contributed by atoms with Crippen LogP contribution in [0.3, 0.4) is 0 Å². The van der Waals surface area contributed by atoms with E-state index in [1.807, 2.05) is 58.0 Å². The van der Waals surface area contributed by atoms with Gasteiger partial charge in [-0.15, -0.1) is 0 Å². The van der Waals surface area contributed by atoms with Gasteiger partial charge in [0.1, 0.15) is 11.9 Å². The van der Waals surface area contributed by atoms with Crippen LogP contribution in [0.4, 0.5) is 4.39 Å². The summed E-state index contributed by atoms with van der Waals surface area (Å²) in [6, 6.07) is 15.1. The lowest BCUT2D eigenvalue weighted by Gasteiger charge is -2.33. The lowest BCUT2D eigenvalue weighted by atomic mass is 10.0. The summed E-state index contributed by atoms with van der Waals surface area (Å²) in [6.45, 7) is 8.51. The Labute approximate surface area is 173 Å². The van der Waals surface area contributed by atoms with Gasteiger partial charge in [-0.25, -0.2) is 4.39 Å². The molecule has 0 saturated heterocycles. The van der Waals surface area contributed by atoms with E-state index in [4.69, 9.17) is 0 Å². The van der Waals surface area contributed by atoms with Crippen molar-refractivity contribution in [3.63, 3.8) is 0 Å². The van der Waals surface area contributed by atoms with E-state index < -0.39 is 6.04 Å². The Kier molecular flexibility index (Phi) is 8.37. The molecule has 5 heteroatoms. The highest BCUT2D eigenvalue weighted by atomic mass is 19.1. The molecule has 0 aromatic heterocycles. The number of hydrogen-bond donors (Lipinski definition) is 1. The van der Waals surface area contributed by atoms with E-state index in [0.29, 0.717) is 18.9 Å². The zero-order valence-corrected chi connectivity index (χ0v) is 17.7. The van der Waals surface area contributed by atoms with Gasteiger partial charge in [-0.2, -0.15) is 0 Å². The lowest BCUT2D eigenvalue weighted by molar-refractivity contribution is -0.143. The molecule has 0 aliphatic heterocycles. The Hall–Kier alpha value is -2.69. The Bertz CT molecular complexity index is 788. The molecule has 1 N–H and O–H groups in total. The quantitative estimate of drug-likeness (QED) is 0.688. The number of benzene rings is 2. The van der Waals surface area contributed by atoms with Crippen molar-refractivity contribution in [1.82, 2.24) is 10.2 Å². The molecule has 0 saturated carbocycles. The Morgan fingerprint density at radius 3 is 2.10 bits per heavy atom. The van der Waals surface area contributed by atoms with Crippen LogP contribution >= 0.6 is 0 Å². The smallest absolute Gasteiger partial charge is 0.243 e.